The smallest absolute Gasteiger partial charge is 0.296 e. The van der Waals surface area contributed by atoms with Crippen molar-refractivity contribution in [3.8, 4) is 17.6 Å². The fourth-order valence-corrected chi connectivity index (χ4v) is 2.58. The summed E-state index contributed by atoms with van der Waals surface area (Å²) >= 11 is 0. The van der Waals surface area contributed by atoms with Gasteiger partial charge >= 0.3 is 0 Å². The van der Waals surface area contributed by atoms with E-state index in [0.717, 1.165) is 31.4 Å². The molecule has 3 heteroatoms. The van der Waals surface area contributed by atoms with E-state index in [0.29, 0.717) is 0 Å². The quantitative estimate of drug-likeness (QED) is 0.859. The third kappa shape index (κ3) is 4.03. The van der Waals surface area contributed by atoms with Crippen LogP contribution in [0.3, 0.4) is 0 Å². The number of amides is 1. The maximum absolute atomic E-state index is 11.6. The van der Waals surface area contributed by atoms with E-state index in [4.69, 9.17) is 4.74 Å². The zero-order valence-electron chi connectivity index (χ0n) is 12.1. The average molecular weight is 271 g/mol. The lowest BCUT2D eigenvalue weighted by molar-refractivity contribution is -0.117. The lowest BCUT2D eigenvalue weighted by Gasteiger charge is -2.32. The molecule has 1 saturated carbocycles. The van der Waals surface area contributed by atoms with Gasteiger partial charge in [-0.05, 0) is 56.7 Å². The van der Waals surface area contributed by atoms with Crippen LogP contribution in [-0.4, -0.2) is 18.1 Å². The number of hydrogen-bond acceptors (Lipinski definition) is 2. The molecule has 2 rings (SSSR count). The second-order valence-electron chi connectivity index (χ2n) is 5.21. The van der Waals surface area contributed by atoms with Crippen molar-refractivity contribution in [3.63, 3.8) is 0 Å². The van der Waals surface area contributed by atoms with Crippen molar-refractivity contribution in [2.75, 3.05) is 0 Å². The summed E-state index contributed by atoms with van der Waals surface area (Å²) in [7, 11) is 0. The zero-order valence-corrected chi connectivity index (χ0v) is 12.1. The summed E-state index contributed by atoms with van der Waals surface area (Å²) in [5.74, 6) is 5.82. The average Bonchev–Trinajstić information content (AvgIpc) is 2.41. The normalized spacial score (nSPS) is 21.5. The molecule has 1 N–H and O–H groups in total. The molecule has 3 nitrogen and oxygen atoms in total. The summed E-state index contributed by atoms with van der Waals surface area (Å²) in [6.07, 6.45) is 4.22. The molecule has 0 aromatic heterocycles. The van der Waals surface area contributed by atoms with E-state index in [1.54, 1.807) is 6.92 Å². The molecular weight excluding hydrogens is 250 g/mol. The molecule has 0 bridgehead atoms. The molecular formula is C17H21NO2. The first-order valence-corrected chi connectivity index (χ1v) is 7.15. The Bertz CT molecular complexity index is 527. The number of benzene rings is 1. The number of carbonyl (C=O) groups is 1. The summed E-state index contributed by atoms with van der Waals surface area (Å²) in [4.78, 5) is 11.6. The molecule has 1 aromatic rings. The molecule has 2 unspecified atom stereocenters. The van der Waals surface area contributed by atoms with Gasteiger partial charge in [0, 0.05) is 0 Å². The second kappa shape index (κ2) is 7.00. The van der Waals surface area contributed by atoms with Crippen LogP contribution in [0.1, 0.15) is 38.2 Å². The van der Waals surface area contributed by atoms with Crippen LogP contribution in [0.25, 0.3) is 0 Å². The predicted octanol–water partition coefficient (Wildman–Crippen LogP) is 2.82. The van der Waals surface area contributed by atoms with Crippen molar-refractivity contribution in [1.82, 2.24) is 5.32 Å². The second-order valence-corrected chi connectivity index (χ2v) is 5.21. The highest BCUT2D eigenvalue weighted by atomic mass is 16.5. The van der Waals surface area contributed by atoms with Crippen molar-refractivity contribution < 1.29 is 9.53 Å². The van der Waals surface area contributed by atoms with Crippen LogP contribution < -0.4 is 10.1 Å². The topological polar surface area (TPSA) is 38.3 Å². The number of hydrogen-bond donors (Lipinski definition) is 1. The lowest BCUT2D eigenvalue weighted by atomic mass is 9.92. The first-order valence-electron chi connectivity index (χ1n) is 7.15. The Morgan fingerprint density at radius 3 is 2.90 bits per heavy atom. The highest BCUT2D eigenvalue weighted by Gasteiger charge is 2.27. The molecule has 106 valence electrons. The third-order valence-corrected chi connectivity index (χ3v) is 3.53. The molecule has 2 atom stereocenters. The number of carbonyl (C=O) groups excluding carboxylic acids is 1. The largest absolute Gasteiger partial charge is 0.488 e. The summed E-state index contributed by atoms with van der Waals surface area (Å²) in [5, 5.41) is 2.97. The molecule has 1 amide bonds. The summed E-state index contributed by atoms with van der Waals surface area (Å²) in [6, 6.07) is 8.08. The van der Waals surface area contributed by atoms with Crippen molar-refractivity contribution in [2.45, 2.75) is 51.7 Å². The van der Waals surface area contributed by atoms with Crippen molar-refractivity contribution >= 4 is 5.91 Å². The van der Waals surface area contributed by atoms with Crippen molar-refractivity contribution in [2.24, 2.45) is 0 Å². The number of rotatable bonds is 3. The minimum absolute atomic E-state index is 0.0353. The van der Waals surface area contributed by atoms with E-state index in [-0.39, 0.29) is 18.1 Å². The van der Waals surface area contributed by atoms with Crippen LogP contribution in [0.5, 0.6) is 5.75 Å². The van der Waals surface area contributed by atoms with Gasteiger partial charge in [-0.25, -0.2) is 0 Å². The van der Waals surface area contributed by atoms with E-state index >= 15 is 0 Å². The van der Waals surface area contributed by atoms with Crippen LogP contribution in [0.15, 0.2) is 24.3 Å². The Labute approximate surface area is 120 Å². The van der Waals surface area contributed by atoms with Gasteiger partial charge in [0.2, 0.25) is 0 Å². The van der Waals surface area contributed by atoms with Gasteiger partial charge in [-0.3, -0.25) is 4.79 Å². The molecule has 20 heavy (non-hydrogen) atoms. The third-order valence-electron chi connectivity index (χ3n) is 3.53. The Balaban J connectivity index is 2.02. The molecule has 0 heterocycles. The molecule has 1 aliphatic carbocycles. The molecule has 1 fully saturated rings. The van der Waals surface area contributed by atoms with Gasteiger partial charge < -0.3 is 10.1 Å². The fourth-order valence-electron chi connectivity index (χ4n) is 2.58. The molecule has 1 aromatic carbocycles. The van der Waals surface area contributed by atoms with Crippen LogP contribution in [0.2, 0.25) is 0 Å². The highest BCUT2D eigenvalue weighted by Crippen LogP contribution is 2.24. The maximum atomic E-state index is 11.6. The SMILES string of the molecule is CC#CC(=O)NC1CCCCC1Oc1cccc(C)c1. The first kappa shape index (κ1) is 14.5. The summed E-state index contributed by atoms with van der Waals surface area (Å²) < 4.78 is 6.06. The standard InChI is InChI=1S/C17H21NO2/c1-3-7-17(19)18-15-10-4-5-11-16(15)20-14-9-6-8-13(2)12-14/h6,8-9,12,15-16H,4-5,10-11H2,1-2H3,(H,18,19). The Morgan fingerprint density at radius 2 is 2.15 bits per heavy atom. The first-order chi connectivity index (χ1) is 9.69. The van der Waals surface area contributed by atoms with Gasteiger partial charge in [0.05, 0.1) is 6.04 Å². The van der Waals surface area contributed by atoms with Crippen LogP contribution >= 0.6 is 0 Å². The fraction of sp³-hybridized carbons (Fsp3) is 0.471. The van der Waals surface area contributed by atoms with E-state index in [1.165, 1.54) is 5.56 Å². The minimum atomic E-state index is -0.211. The molecule has 0 aliphatic heterocycles. The molecule has 0 saturated heterocycles. The zero-order chi connectivity index (χ0) is 14.4. The Kier molecular flexibility index (Phi) is 5.06. The Hall–Kier alpha value is -1.95. The van der Waals surface area contributed by atoms with Crippen LogP contribution in [-0.2, 0) is 4.79 Å². The van der Waals surface area contributed by atoms with Gasteiger partial charge in [-0.15, -0.1) is 0 Å². The lowest BCUT2D eigenvalue weighted by Crippen LogP contribution is -2.47. The molecule has 0 spiro atoms. The van der Waals surface area contributed by atoms with E-state index < -0.39 is 0 Å². The number of nitrogens with one attached hydrogen (secondary N) is 1. The summed E-state index contributed by atoms with van der Waals surface area (Å²) in [6.45, 7) is 3.71. The van der Waals surface area contributed by atoms with E-state index in [1.807, 2.05) is 31.2 Å². The maximum Gasteiger partial charge on any atom is 0.296 e. The van der Waals surface area contributed by atoms with Crippen molar-refractivity contribution in [1.29, 1.82) is 0 Å². The van der Waals surface area contributed by atoms with Gasteiger partial charge in [0.25, 0.3) is 5.91 Å². The highest BCUT2D eigenvalue weighted by molar-refractivity contribution is 5.93. The van der Waals surface area contributed by atoms with E-state index in [2.05, 4.69) is 17.2 Å². The van der Waals surface area contributed by atoms with Crippen LogP contribution in [0, 0.1) is 18.8 Å². The molecule has 0 radical (unpaired) electrons. The number of ether oxygens (including phenoxy) is 1. The minimum Gasteiger partial charge on any atom is -0.488 e. The van der Waals surface area contributed by atoms with Crippen molar-refractivity contribution in [3.05, 3.63) is 29.8 Å². The van der Waals surface area contributed by atoms with Crippen LogP contribution in [0.4, 0.5) is 0 Å². The van der Waals surface area contributed by atoms with Gasteiger partial charge in [0.1, 0.15) is 11.9 Å². The van der Waals surface area contributed by atoms with Gasteiger partial charge in [-0.2, -0.15) is 0 Å². The Morgan fingerprint density at radius 1 is 1.35 bits per heavy atom. The predicted molar refractivity (Wildman–Crippen MR) is 79.4 cm³/mol. The van der Waals surface area contributed by atoms with Gasteiger partial charge in [-0.1, -0.05) is 24.5 Å². The van der Waals surface area contributed by atoms with E-state index in [9.17, 15) is 4.79 Å². The van der Waals surface area contributed by atoms with Gasteiger partial charge in [0.15, 0.2) is 0 Å². The number of aryl methyl sites for hydroxylation is 1. The monoisotopic (exact) mass is 271 g/mol. The summed E-state index contributed by atoms with van der Waals surface area (Å²) in [5.41, 5.74) is 1.18. The molecule has 1 aliphatic rings.